The first-order valence-electron chi connectivity index (χ1n) is 6.82. The van der Waals surface area contributed by atoms with Gasteiger partial charge >= 0.3 is 0 Å². The predicted octanol–water partition coefficient (Wildman–Crippen LogP) is 3.70. The molecular formula is C17H17ClN2. The van der Waals surface area contributed by atoms with E-state index in [9.17, 15) is 0 Å². The number of fused-ring (bicyclic) bond motifs is 3. The molecule has 2 heterocycles. The van der Waals surface area contributed by atoms with Crippen molar-refractivity contribution in [1.82, 2.24) is 9.88 Å². The van der Waals surface area contributed by atoms with Crippen LogP contribution in [-0.2, 0) is 13.0 Å². The second kappa shape index (κ2) is 5.31. The smallest absolute Gasteiger partial charge is 0.0534 e. The van der Waals surface area contributed by atoms with Gasteiger partial charge in [0.2, 0.25) is 0 Å². The quantitative estimate of drug-likeness (QED) is 0.721. The van der Waals surface area contributed by atoms with Gasteiger partial charge < -0.3 is 9.88 Å². The monoisotopic (exact) mass is 284 g/mol. The molecule has 20 heavy (non-hydrogen) atoms. The number of hydrogen-bond acceptors (Lipinski definition) is 1. The highest BCUT2D eigenvalue weighted by atomic mass is 35.5. The van der Waals surface area contributed by atoms with Crippen molar-refractivity contribution < 1.29 is 0 Å². The first-order valence-corrected chi connectivity index (χ1v) is 6.82. The Bertz CT molecular complexity index is 731. The molecule has 2 aromatic carbocycles. The predicted molar refractivity (Wildman–Crippen MR) is 85.9 cm³/mol. The first-order chi connectivity index (χ1) is 9.45. The molecule has 0 amide bonds. The fourth-order valence-electron chi connectivity index (χ4n) is 3.11. The number of hydrogen-bond donors (Lipinski definition) is 1. The highest BCUT2D eigenvalue weighted by molar-refractivity contribution is 5.87. The van der Waals surface area contributed by atoms with Crippen molar-refractivity contribution in [1.29, 1.82) is 0 Å². The summed E-state index contributed by atoms with van der Waals surface area (Å²) in [5, 5.41) is 4.87. The molecule has 3 aromatic rings. The summed E-state index contributed by atoms with van der Waals surface area (Å²) in [5.74, 6) is 0. The van der Waals surface area contributed by atoms with E-state index in [2.05, 4.69) is 64.5 Å². The Kier molecular flexibility index (Phi) is 3.51. The Balaban J connectivity index is 0.00000121. The van der Waals surface area contributed by atoms with Gasteiger partial charge in [0.05, 0.1) is 5.52 Å². The molecule has 1 aliphatic rings. The van der Waals surface area contributed by atoms with E-state index in [1.165, 1.54) is 27.8 Å². The maximum atomic E-state index is 3.48. The van der Waals surface area contributed by atoms with Gasteiger partial charge in [0.1, 0.15) is 0 Å². The highest BCUT2D eigenvalue weighted by Gasteiger charge is 2.19. The van der Waals surface area contributed by atoms with Crippen LogP contribution in [0.3, 0.4) is 0 Å². The number of para-hydroxylation sites is 2. The molecule has 0 radical (unpaired) electrons. The second-order valence-corrected chi connectivity index (χ2v) is 5.04. The van der Waals surface area contributed by atoms with E-state index in [4.69, 9.17) is 0 Å². The number of rotatable bonds is 1. The minimum Gasteiger partial charge on any atom is -0.313 e. The number of halogens is 1. The molecule has 102 valence electrons. The van der Waals surface area contributed by atoms with Crippen molar-refractivity contribution in [2.24, 2.45) is 0 Å². The molecule has 0 saturated heterocycles. The number of nitrogens with one attached hydrogen (secondary N) is 1. The third kappa shape index (κ3) is 1.92. The molecule has 0 fully saturated rings. The van der Waals surface area contributed by atoms with Crippen LogP contribution in [-0.4, -0.2) is 11.1 Å². The van der Waals surface area contributed by atoms with Gasteiger partial charge in [0.25, 0.3) is 0 Å². The summed E-state index contributed by atoms with van der Waals surface area (Å²) in [4.78, 5) is 0. The van der Waals surface area contributed by atoms with Crippen LogP contribution in [0.1, 0.15) is 11.3 Å². The van der Waals surface area contributed by atoms with Crippen molar-refractivity contribution in [3.63, 3.8) is 0 Å². The van der Waals surface area contributed by atoms with Crippen LogP contribution >= 0.6 is 12.4 Å². The second-order valence-electron chi connectivity index (χ2n) is 5.04. The molecule has 1 aliphatic heterocycles. The Labute approximate surface area is 124 Å². The molecule has 2 nitrogen and oxygen atoms in total. The summed E-state index contributed by atoms with van der Waals surface area (Å²) < 4.78 is 2.42. The molecule has 0 bridgehead atoms. The van der Waals surface area contributed by atoms with Crippen LogP contribution in [0.4, 0.5) is 0 Å². The summed E-state index contributed by atoms with van der Waals surface area (Å²) in [6.45, 7) is 2.05. The lowest BCUT2D eigenvalue weighted by Crippen LogP contribution is -2.24. The van der Waals surface area contributed by atoms with Gasteiger partial charge in [-0.15, -0.1) is 12.4 Å². The van der Waals surface area contributed by atoms with Crippen molar-refractivity contribution in [2.45, 2.75) is 13.0 Å². The Morgan fingerprint density at radius 1 is 0.900 bits per heavy atom. The van der Waals surface area contributed by atoms with Crippen LogP contribution in [0.5, 0.6) is 0 Å². The van der Waals surface area contributed by atoms with E-state index in [1.807, 2.05) is 0 Å². The molecule has 1 N–H and O–H groups in total. The van der Waals surface area contributed by atoms with E-state index in [-0.39, 0.29) is 12.4 Å². The lowest BCUT2D eigenvalue weighted by atomic mass is 10.1. The summed E-state index contributed by atoms with van der Waals surface area (Å²) in [5.41, 5.74) is 5.51. The van der Waals surface area contributed by atoms with E-state index < -0.39 is 0 Å². The molecular weight excluding hydrogens is 268 g/mol. The third-order valence-electron chi connectivity index (χ3n) is 3.94. The minimum absolute atomic E-state index is 0. The lowest BCUT2D eigenvalue weighted by Gasteiger charge is -2.17. The van der Waals surface area contributed by atoms with Gasteiger partial charge in [-0.05, 0) is 23.8 Å². The average Bonchev–Trinajstić information content (AvgIpc) is 2.83. The molecule has 1 aromatic heterocycles. The van der Waals surface area contributed by atoms with E-state index in [1.54, 1.807) is 0 Å². The van der Waals surface area contributed by atoms with Gasteiger partial charge in [-0.25, -0.2) is 0 Å². The van der Waals surface area contributed by atoms with Crippen molar-refractivity contribution >= 4 is 23.3 Å². The van der Waals surface area contributed by atoms with Gasteiger partial charge in [-0.1, -0.05) is 36.4 Å². The standard InChI is InChI=1S/C17H16N2.ClH/c1-2-6-13(7-3-1)19-16-9-5-4-8-14(16)15-12-18-11-10-17(15)19;/h1-9,18H,10-12H2;1H. The van der Waals surface area contributed by atoms with Crippen LogP contribution in [0.2, 0.25) is 0 Å². The molecule has 0 spiro atoms. The highest BCUT2D eigenvalue weighted by Crippen LogP contribution is 2.31. The summed E-state index contributed by atoms with van der Waals surface area (Å²) >= 11 is 0. The number of aromatic nitrogens is 1. The number of nitrogens with zero attached hydrogens (tertiary/aromatic N) is 1. The van der Waals surface area contributed by atoms with Gasteiger partial charge in [-0.2, -0.15) is 0 Å². The molecule has 4 rings (SSSR count). The average molecular weight is 285 g/mol. The maximum Gasteiger partial charge on any atom is 0.0534 e. The zero-order valence-corrected chi connectivity index (χ0v) is 12.0. The van der Waals surface area contributed by atoms with Gasteiger partial charge in [0.15, 0.2) is 0 Å². The maximum absolute atomic E-state index is 3.48. The van der Waals surface area contributed by atoms with Crippen LogP contribution in [0.25, 0.3) is 16.6 Å². The van der Waals surface area contributed by atoms with Crippen molar-refractivity contribution in [2.75, 3.05) is 6.54 Å². The van der Waals surface area contributed by atoms with E-state index in [0.29, 0.717) is 0 Å². The fraction of sp³-hybridized carbons (Fsp3) is 0.176. The Hall–Kier alpha value is -1.77. The first kappa shape index (κ1) is 13.2. The Morgan fingerprint density at radius 2 is 1.65 bits per heavy atom. The molecule has 0 saturated carbocycles. The summed E-state index contributed by atoms with van der Waals surface area (Å²) in [6.07, 6.45) is 1.10. The lowest BCUT2D eigenvalue weighted by molar-refractivity contribution is 0.631. The van der Waals surface area contributed by atoms with Crippen molar-refractivity contribution in [3.05, 3.63) is 65.9 Å². The van der Waals surface area contributed by atoms with Crippen LogP contribution < -0.4 is 5.32 Å². The van der Waals surface area contributed by atoms with Gasteiger partial charge in [-0.3, -0.25) is 0 Å². The number of benzene rings is 2. The molecule has 3 heteroatoms. The largest absolute Gasteiger partial charge is 0.313 e. The fourth-order valence-corrected chi connectivity index (χ4v) is 3.11. The molecule has 0 aliphatic carbocycles. The Morgan fingerprint density at radius 3 is 2.50 bits per heavy atom. The molecule has 0 unspecified atom stereocenters. The van der Waals surface area contributed by atoms with Gasteiger partial charge in [0, 0.05) is 36.3 Å². The SMILES string of the molecule is Cl.c1ccc(-n2c3c(c4ccccc42)CNCC3)cc1. The summed E-state index contributed by atoms with van der Waals surface area (Å²) in [7, 11) is 0. The zero-order chi connectivity index (χ0) is 12.7. The van der Waals surface area contributed by atoms with E-state index in [0.717, 1.165) is 19.5 Å². The van der Waals surface area contributed by atoms with Crippen molar-refractivity contribution in [3.8, 4) is 5.69 Å². The normalized spacial score (nSPS) is 13.8. The van der Waals surface area contributed by atoms with E-state index >= 15 is 0 Å². The minimum atomic E-state index is 0. The third-order valence-corrected chi connectivity index (χ3v) is 3.94. The summed E-state index contributed by atoms with van der Waals surface area (Å²) in [6, 6.07) is 19.4. The van der Waals surface area contributed by atoms with Crippen LogP contribution in [0.15, 0.2) is 54.6 Å². The topological polar surface area (TPSA) is 17.0 Å². The molecule has 0 atom stereocenters. The zero-order valence-electron chi connectivity index (χ0n) is 11.2. The van der Waals surface area contributed by atoms with Crippen LogP contribution in [0, 0.1) is 0 Å².